The van der Waals surface area contributed by atoms with Gasteiger partial charge in [-0.25, -0.2) is 0 Å². The number of rotatable bonds is 2. The first-order chi connectivity index (χ1) is 6.77. The van der Waals surface area contributed by atoms with Crippen LogP contribution in [0.2, 0.25) is 0 Å². The molecule has 78 valence electrons. The molecule has 1 heterocycles. The van der Waals surface area contributed by atoms with E-state index in [1.807, 2.05) is 0 Å². The highest BCUT2D eigenvalue weighted by Gasteiger charge is 2.32. The van der Waals surface area contributed by atoms with Gasteiger partial charge in [-0.3, -0.25) is 4.79 Å². The molecule has 0 spiro atoms. The van der Waals surface area contributed by atoms with Crippen LogP contribution >= 0.6 is 0 Å². The molecule has 0 aromatic rings. The van der Waals surface area contributed by atoms with Gasteiger partial charge in [0.1, 0.15) is 0 Å². The highest BCUT2D eigenvalue weighted by molar-refractivity contribution is 5.80. The zero-order valence-electron chi connectivity index (χ0n) is 8.11. The van der Waals surface area contributed by atoms with Crippen LogP contribution < -0.4 is 11.1 Å². The molecule has 1 fully saturated rings. The van der Waals surface area contributed by atoms with E-state index in [2.05, 4.69) is 17.5 Å². The van der Waals surface area contributed by atoms with Crippen molar-refractivity contribution in [1.29, 1.82) is 0 Å². The van der Waals surface area contributed by atoms with Crippen molar-refractivity contribution in [3.05, 3.63) is 12.2 Å². The Morgan fingerprint density at radius 1 is 1.36 bits per heavy atom. The molecule has 4 nitrogen and oxygen atoms in total. The third kappa shape index (κ3) is 1.96. The van der Waals surface area contributed by atoms with E-state index in [0.29, 0.717) is 13.2 Å². The van der Waals surface area contributed by atoms with E-state index in [0.717, 1.165) is 12.8 Å². The van der Waals surface area contributed by atoms with Gasteiger partial charge >= 0.3 is 0 Å². The highest BCUT2D eigenvalue weighted by Crippen LogP contribution is 2.14. The molecule has 0 radical (unpaired) electrons. The summed E-state index contributed by atoms with van der Waals surface area (Å²) in [5.74, 6) is -0.112. The Bertz CT molecular complexity index is 245. The zero-order chi connectivity index (χ0) is 9.97. The van der Waals surface area contributed by atoms with Crippen LogP contribution in [0.25, 0.3) is 0 Å². The largest absolute Gasteiger partial charge is 0.379 e. The van der Waals surface area contributed by atoms with Crippen molar-refractivity contribution in [3.63, 3.8) is 0 Å². The smallest absolute Gasteiger partial charge is 0.227 e. The van der Waals surface area contributed by atoms with E-state index in [4.69, 9.17) is 10.5 Å². The molecule has 2 rings (SSSR count). The predicted molar refractivity (Wildman–Crippen MR) is 52.6 cm³/mol. The standard InChI is InChI=1S/C10H16N2O2/c11-9-6-14-5-8(9)10(13)12-7-3-1-2-4-7/h1-2,7-9H,3-6,11H2,(H,12,13). The number of amides is 1. The van der Waals surface area contributed by atoms with Gasteiger partial charge in [0, 0.05) is 12.1 Å². The summed E-state index contributed by atoms with van der Waals surface area (Å²) in [6.45, 7) is 0.966. The van der Waals surface area contributed by atoms with Crippen LogP contribution in [0.1, 0.15) is 12.8 Å². The van der Waals surface area contributed by atoms with Gasteiger partial charge in [-0.2, -0.15) is 0 Å². The highest BCUT2D eigenvalue weighted by atomic mass is 16.5. The van der Waals surface area contributed by atoms with Gasteiger partial charge in [-0.15, -0.1) is 0 Å². The number of carbonyl (C=O) groups excluding carboxylic acids is 1. The van der Waals surface area contributed by atoms with Crippen molar-refractivity contribution >= 4 is 5.91 Å². The van der Waals surface area contributed by atoms with Crippen molar-refractivity contribution in [1.82, 2.24) is 5.32 Å². The molecule has 0 bridgehead atoms. The summed E-state index contributed by atoms with van der Waals surface area (Å²) in [5.41, 5.74) is 5.75. The lowest BCUT2D eigenvalue weighted by molar-refractivity contribution is -0.125. The SMILES string of the molecule is NC1COCC1C(=O)NC1CC=CC1. The second kappa shape index (κ2) is 4.11. The summed E-state index contributed by atoms with van der Waals surface area (Å²) < 4.78 is 5.15. The van der Waals surface area contributed by atoms with Gasteiger partial charge < -0.3 is 15.8 Å². The normalized spacial score (nSPS) is 32.4. The summed E-state index contributed by atoms with van der Waals surface area (Å²) in [7, 11) is 0. The summed E-state index contributed by atoms with van der Waals surface area (Å²) in [4.78, 5) is 11.7. The van der Waals surface area contributed by atoms with Crippen molar-refractivity contribution in [3.8, 4) is 0 Å². The van der Waals surface area contributed by atoms with Crippen molar-refractivity contribution in [2.45, 2.75) is 24.9 Å². The van der Waals surface area contributed by atoms with E-state index < -0.39 is 0 Å². The average molecular weight is 196 g/mol. The fourth-order valence-electron chi connectivity index (χ4n) is 1.88. The fourth-order valence-corrected chi connectivity index (χ4v) is 1.88. The third-order valence-corrected chi connectivity index (χ3v) is 2.82. The van der Waals surface area contributed by atoms with E-state index in [-0.39, 0.29) is 23.9 Å². The van der Waals surface area contributed by atoms with Crippen LogP contribution in [-0.2, 0) is 9.53 Å². The quantitative estimate of drug-likeness (QED) is 0.601. The monoisotopic (exact) mass is 196 g/mol. The third-order valence-electron chi connectivity index (χ3n) is 2.82. The molecule has 3 N–H and O–H groups in total. The molecule has 4 heteroatoms. The molecular formula is C10H16N2O2. The summed E-state index contributed by atoms with van der Waals surface area (Å²) in [5, 5.41) is 2.99. The molecule has 2 atom stereocenters. The molecule has 0 aromatic heterocycles. The number of ether oxygens (including phenoxy) is 1. The molecular weight excluding hydrogens is 180 g/mol. The number of hydrogen-bond donors (Lipinski definition) is 2. The Labute approximate surface area is 83.5 Å². The Hall–Kier alpha value is -0.870. The lowest BCUT2D eigenvalue weighted by Gasteiger charge is -2.17. The zero-order valence-corrected chi connectivity index (χ0v) is 8.11. The Morgan fingerprint density at radius 2 is 2.07 bits per heavy atom. The number of nitrogens with one attached hydrogen (secondary N) is 1. The van der Waals surface area contributed by atoms with Gasteiger partial charge in [0.05, 0.1) is 19.1 Å². The first-order valence-corrected chi connectivity index (χ1v) is 5.06. The van der Waals surface area contributed by atoms with E-state index in [1.165, 1.54) is 0 Å². The molecule has 1 saturated heterocycles. The van der Waals surface area contributed by atoms with Gasteiger partial charge in [0.15, 0.2) is 0 Å². The minimum Gasteiger partial charge on any atom is -0.379 e. The van der Waals surface area contributed by atoms with Crippen LogP contribution in [0.5, 0.6) is 0 Å². The fraction of sp³-hybridized carbons (Fsp3) is 0.700. The van der Waals surface area contributed by atoms with E-state index in [1.54, 1.807) is 0 Å². The van der Waals surface area contributed by atoms with Crippen LogP contribution in [0, 0.1) is 5.92 Å². The lowest BCUT2D eigenvalue weighted by atomic mass is 10.0. The molecule has 1 aliphatic carbocycles. The summed E-state index contributed by atoms with van der Waals surface area (Å²) in [6, 6.07) is 0.139. The Morgan fingerprint density at radius 3 is 2.64 bits per heavy atom. The summed E-state index contributed by atoms with van der Waals surface area (Å²) >= 11 is 0. The van der Waals surface area contributed by atoms with Crippen LogP contribution in [0.3, 0.4) is 0 Å². The maximum atomic E-state index is 11.7. The second-order valence-corrected chi connectivity index (χ2v) is 3.96. The molecule has 2 aliphatic rings. The van der Waals surface area contributed by atoms with E-state index >= 15 is 0 Å². The average Bonchev–Trinajstić information content (AvgIpc) is 2.75. The van der Waals surface area contributed by atoms with Crippen molar-refractivity contribution < 1.29 is 9.53 Å². The number of nitrogens with two attached hydrogens (primary N) is 1. The van der Waals surface area contributed by atoms with Crippen LogP contribution in [0.4, 0.5) is 0 Å². The molecule has 1 aliphatic heterocycles. The van der Waals surface area contributed by atoms with Crippen molar-refractivity contribution in [2.24, 2.45) is 11.7 Å². The number of hydrogen-bond acceptors (Lipinski definition) is 3. The topological polar surface area (TPSA) is 64.3 Å². The molecule has 1 amide bonds. The minimum absolute atomic E-state index is 0.0451. The second-order valence-electron chi connectivity index (χ2n) is 3.96. The van der Waals surface area contributed by atoms with Crippen molar-refractivity contribution in [2.75, 3.05) is 13.2 Å². The maximum Gasteiger partial charge on any atom is 0.227 e. The number of carbonyl (C=O) groups is 1. The minimum atomic E-state index is -0.157. The van der Waals surface area contributed by atoms with Crippen LogP contribution in [-0.4, -0.2) is 31.2 Å². The maximum absolute atomic E-state index is 11.7. The first-order valence-electron chi connectivity index (χ1n) is 5.06. The molecule has 14 heavy (non-hydrogen) atoms. The molecule has 2 unspecified atom stereocenters. The molecule has 0 aromatic carbocycles. The first kappa shape index (κ1) is 9.68. The Kier molecular flexibility index (Phi) is 2.84. The van der Waals surface area contributed by atoms with E-state index in [9.17, 15) is 4.79 Å². The predicted octanol–water partition coefficient (Wildman–Crippen LogP) is -0.205. The molecule has 0 saturated carbocycles. The van der Waals surface area contributed by atoms with Crippen LogP contribution in [0.15, 0.2) is 12.2 Å². The Balaban J connectivity index is 1.82. The van der Waals surface area contributed by atoms with Gasteiger partial charge in [-0.1, -0.05) is 12.2 Å². The summed E-state index contributed by atoms with van der Waals surface area (Å²) in [6.07, 6.45) is 6.06. The van der Waals surface area contributed by atoms with Gasteiger partial charge in [0.25, 0.3) is 0 Å². The van der Waals surface area contributed by atoms with Gasteiger partial charge in [-0.05, 0) is 12.8 Å². The lowest BCUT2D eigenvalue weighted by Crippen LogP contribution is -2.44. The van der Waals surface area contributed by atoms with Gasteiger partial charge in [0.2, 0.25) is 5.91 Å².